The van der Waals surface area contributed by atoms with E-state index in [1.807, 2.05) is 0 Å². The highest BCUT2D eigenvalue weighted by molar-refractivity contribution is 6.31. The summed E-state index contributed by atoms with van der Waals surface area (Å²) in [7, 11) is 0. The number of hydrogen-bond acceptors (Lipinski definition) is 5. The summed E-state index contributed by atoms with van der Waals surface area (Å²) < 4.78 is 5.86. The van der Waals surface area contributed by atoms with Crippen molar-refractivity contribution in [1.82, 2.24) is 9.97 Å². The molecule has 1 aliphatic heterocycles. The van der Waals surface area contributed by atoms with Crippen molar-refractivity contribution < 1.29 is 9.21 Å². The third-order valence-electron chi connectivity index (χ3n) is 4.75. The lowest BCUT2D eigenvalue weighted by Gasteiger charge is -2.23. The summed E-state index contributed by atoms with van der Waals surface area (Å²) in [4.78, 5) is 36.4. The quantitative estimate of drug-likeness (QED) is 0.518. The Morgan fingerprint density at radius 3 is 2.57 bits per heavy atom. The Morgan fingerprint density at radius 1 is 1.00 bits per heavy atom. The normalized spacial score (nSPS) is 15.8. The summed E-state index contributed by atoms with van der Waals surface area (Å²) in [6, 6.07) is 12.9. The minimum atomic E-state index is -0.667. The van der Waals surface area contributed by atoms with Crippen molar-refractivity contribution in [3.63, 3.8) is 0 Å². The predicted octanol–water partition coefficient (Wildman–Crippen LogP) is 3.99. The van der Waals surface area contributed by atoms with E-state index in [2.05, 4.69) is 9.97 Å². The first-order valence-corrected chi connectivity index (χ1v) is 8.94. The first-order chi connectivity index (χ1) is 13.6. The molecule has 4 heterocycles. The van der Waals surface area contributed by atoms with Gasteiger partial charge in [-0.05, 0) is 48.0 Å². The van der Waals surface area contributed by atoms with Gasteiger partial charge in [0.25, 0.3) is 5.91 Å². The summed E-state index contributed by atoms with van der Waals surface area (Å²) in [5.74, 6) is 0.0407. The van der Waals surface area contributed by atoms with E-state index in [-0.39, 0.29) is 16.8 Å². The number of amides is 1. The molecular formula is C21H12ClN3O3. The van der Waals surface area contributed by atoms with E-state index in [1.165, 1.54) is 4.90 Å². The van der Waals surface area contributed by atoms with Crippen LogP contribution >= 0.6 is 11.6 Å². The molecule has 0 bridgehead atoms. The maximum atomic E-state index is 13.3. The van der Waals surface area contributed by atoms with Crippen LogP contribution in [0.2, 0.25) is 5.02 Å². The maximum Gasteiger partial charge on any atom is 0.296 e. The highest BCUT2D eigenvalue weighted by atomic mass is 35.5. The number of aromatic nitrogens is 2. The highest BCUT2D eigenvalue weighted by Crippen LogP contribution is 2.40. The third-order valence-corrected chi connectivity index (χ3v) is 4.99. The third kappa shape index (κ3) is 2.42. The zero-order chi connectivity index (χ0) is 19.3. The molecule has 0 aliphatic carbocycles. The van der Waals surface area contributed by atoms with Crippen LogP contribution in [0.15, 0.2) is 76.3 Å². The van der Waals surface area contributed by atoms with Gasteiger partial charge in [0.2, 0.25) is 5.76 Å². The summed E-state index contributed by atoms with van der Waals surface area (Å²) in [5, 5.41) is 0.757. The molecule has 28 heavy (non-hydrogen) atoms. The average molecular weight is 390 g/mol. The Bertz CT molecular complexity index is 1270. The second-order valence-electron chi connectivity index (χ2n) is 6.36. The SMILES string of the molecule is O=C1c2oc3ccc(Cl)cc3c(=O)c2[C@H](c2ccncc2)N1c1ccccn1. The largest absolute Gasteiger partial charge is 0.450 e. The second kappa shape index (κ2) is 6.28. The molecule has 0 saturated carbocycles. The van der Waals surface area contributed by atoms with Crippen molar-refractivity contribution >= 4 is 34.3 Å². The van der Waals surface area contributed by atoms with Crippen molar-refractivity contribution in [3.8, 4) is 0 Å². The molecule has 1 aromatic carbocycles. The summed E-state index contributed by atoms with van der Waals surface area (Å²) in [6.07, 6.45) is 4.84. The number of anilines is 1. The second-order valence-corrected chi connectivity index (χ2v) is 6.80. The minimum absolute atomic E-state index is 0.0206. The fourth-order valence-electron chi connectivity index (χ4n) is 3.54. The smallest absolute Gasteiger partial charge is 0.296 e. The Balaban J connectivity index is 1.84. The van der Waals surface area contributed by atoms with Crippen LogP contribution in [0.3, 0.4) is 0 Å². The molecule has 6 nitrogen and oxygen atoms in total. The van der Waals surface area contributed by atoms with Crippen LogP contribution in [0.25, 0.3) is 11.0 Å². The van der Waals surface area contributed by atoms with Gasteiger partial charge in [-0.1, -0.05) is 17.7 Å². The number of hydrogen-bond donors (Lipinski definition) is 0. The summed E-state index contributed by atoms with van der Waals surface area (Å²) >= 11 is 6.07. The van der Waals surface area contributed by atoms with Crippen LogP contribution < -0.4 is 10.3 Å². The van der Waals surface area contributed by atoms with Gasteiger partial charge in [0.15, 0.2) is 5.43 Å². The van der Waals surface area contributed by atoms with Gasteiger partial charge < -0.3 is 4.42 Å². The number of halogens is 1. The molecule has 136 valence electrons. The Labute approximate surface area is 164 Å². The van der Waals surface area contributed by atoms with E-state index >= 15 is 0 Å². The molecule has 3 aromatic heterocycles. The number of carbonyl (C=O) groups excluding carboxylic acids is 1. The van der Waals surface area contributed by atoms with E-state index in [0.29, 0.717) is 21.8 Å². The number of carbonyl (C=O) groups is 1. The minimum Gasteiger partial charge on any atom is -0.450 e. The lowest BCUT2D eigenvalue weighted by molar-refractivity contribution is 0.0970. The first kappa shape index (κ1) is 16.6. The number of benzene rings is 1. The Kier molecular flexibility index (Phi) is 3.74. The van der Waals surface area contributed by atoms with Gasteiger partial charge in [-0.3, -0.25) is 19.5 Å². The van der Waals surface area contributed by atoms with E-state index in [1.54, 1.807) is 67.1 Å². The lowest BCUT2D eigenvalue weighted by atomic mass is 9.99. The molecule has 0 radical (unpaired) electrons. The van der Waals surface area contributed by atoms with Crippen molar-refractivity contribution in [3.05, 3.63) is 99.3 Å². The number of pyridine rings is 2. The summed E-state index contributed by atoms with van der Waals surface area (Å²) in [6.45, 7) is 0. The molecule has 0 unspecified atom stereocenters. The van der Waals surface area contributed by atoms with E-state index in [4.69, 9.17) is 16.0 Å². The molecule has 1 amide bonds. The van der Waals surface area contributed by atoms with E-state index in [0.717, 1.165) is 5.56 Å². The van der Waals surface area contributed by atoms with Gasteiger partial charge in [0.1, 0.15) is 11.4 Å². The molecule has 1 aliphatic rings. The number of nitrogens with zero attached hydrogens (tertiary/aromatic N) is 3. The van der Waals surface area contributed by atoms with Gasteiger partial charge in [-0.15, -0.1) is 0 Å². The van der Waals surface area contributed by atoms with Gasteiger partial charge in [0.05, 0.1) is 17.0 Å². The Hall–Kier alpha value is -3.51. The molecule has 0 saturated heterocycles. The molecular weight excluding hydrogens is 378 g/mol. The van der Waals surface area contributed by atoms with Gasteiger partial charge in [-0.25, -0.2) is 4.98 Å². The molecule has 1 atom stereocenters. The van der Waals surface area contributed by atoms with Crippen LogP contribution in [0.4, 0.5) is 5.82 Å². The molecule has 5 rings (SSSR count). The Morgan fingerprint density at radius 2 is 1.82 bits per heavy atom. The monoisotopic (exact) mass is 389 g/mol. The van der Waals surface area contributed by atoms with Crippen LogP contribution in [0.5, 0.6) is 0 Å². The number of rotatable bonds is 2. The zero-order valence-electron chi connectivity index (χ0n) is 14.4. The molecule has 4 aromatic rings. The van der Waals surface area contributed by atoms with Crippen molar-refractivity contribution in [2.24, 2.45) is 0 Å². The highest BCUT2D eigenvalue weighted by Gasteiger charge is 2.44. The van der Waals surface area contributed by atoms with Gasteiger partial charge in [-0.2, -0.15) is 0 Å². The average Bonchev–Trinajstić information content (AvgIpc) is 3.03. The molecule has 0 N–H and O–H groups in total. The molecule has 0 fully saturated rings. The van der Waals surface area contributed by atoms with Crippen molar-refractivity contribution in [1.29, 1.82) is 0 Å². The predicted molar refractivity (Wildman–Crippen MR) is 105 cm³/mol. The van der Waals surface area contributed by atoms with Crippen LogP contribution in [-0.2, 0) is 0 Å². The molecule has 7 heteroatoms. The van der Waals surface area contributed by atoms with Crippen LogP contribution in [0, 0.1) is 0 Å². The lowest BCUT2D eigenvalue weighted by Crippen LogP contribution is -2.30. The first-order valence-electron chi connectivity index (χ1n) is 8.56. The fourth-order valence-corrected chi connectivity index (χ4v) is 3.71. The van der Waals surface area contributed by atoms with E-state index < -0.39 is 11.9 Å². The standard InChI is InChI=1S/C21H12ClN3O3/c22-13-4-5-15-14(11-13)19(26)17-18(12-6-9-23-10-7-12)25(21(27)20(17)28-15)16-3-1-2-8-24-16/h1-11,18H/t18-/m0/s1. The van der Waals surface area contributed by atoms with Crippen molar-refractivity contribution in [2.75, 3.05) is 4.90 Å². The number of fused-ring (bicyclic) bond motifs is 2. The topological polar surface area (TPSA) is 76.3 Å². The summed E-state index contributed by atoms with van der Waals surface area (Å²) in [5.41, 5.74) is 1.04. The molecule has 0 spiro atoms. The fraction of sp³-hybridized carbons (Fsp3) is 0.0476. The van der Waals surface area contributed by atoms with Gasteiger partial charge >= 0.3 is 0 Å². The maximum absolute atomic E-state index is 13.3. The van der Waals surface area contributed by atoms with Crippen LogP contribution in [0.1, 0.15) is 27.7 Å². The zero-order valence-corrected chi connectivity index (χ0v) is 15.1. The van der Waals surface area contributed by atoms with Crippen LogP contribution in [-0.4, -0.2) is 15.9 Å². The van der Waals surface area contributed by atoms with E-state index in [9.17, 15) is 9.59 Å². The van der Waals surface area contributed by atoms with Crippen molar-refractivity contribution in [2.45, 2.75) is 6.04 Å². The van der Waals surface area contributed by atoms with Gasteiger partial charge in [0, 0.05) is 23.6 Å².